The van der Waals surface area contributed by atoms with Crippen LogP contribution >= 0.6 is 22.6 Å². The summed E-state index contributed by atoms with van der Waals surface area (Å²) in [6.45, 7) is 0.227. The number of benzene rings is 2. The van der Waals surface area contributed by atoms with Gasteiger partial charge in [0.15, 0.2) is 5.78 Å². The van der Waals surface area contributed by atoms with Crippen LogP contribution in [0.25, 0.3) is 21.5 Å². The number of ketones is 1. The van der Waals surface area contributed by atoms with Crippen molar-refractivity contribution in [3.8, 4) is 0 Å². The quantitative estimate of drug-likeness (QED) is 0.146. The number of pyridine rings is 2. The number of aromatic nitrogens is 2. The van der Waals surface area contributed by atoms with Crippen LogP contribution in [0.3, 0.4) is 0 Å². The van der Waals surface area contributed by atoms with Gasteiger partial charge in [-0.15, -0.1) is 0 Å². The minimum atomic E-state index is -0.231. The molecule has 1 aliphatic rings. The zero-order valence-electron chi connectivity index (χ0n) is 23.3. The number of aliphatic hydroxyl groups excluding tert-OH is 3. The molecule has 0 aliphatic heterocycles. The molecule has 0 bridgehead atoms. The van der Waals surface area contributed by atoms with E-state index in [9.17, 15) is 14.4 Å². The lowest BCUT2D eigenvalue weighted by atomic mass is 10.0. The third-order valence-corrected chi connectivity index (χ3v) is 8.00. The average molecular weight is 675 g/mol. The number of fused-ring (bicyclic) bond motifs is 2. The number of Topliss-reactive ketones (excluding diaryl/α,β-unsaturated/α-hetero) is 1. The number of aliphatic hydroxyl groups is 3. The van der Waals surface area contributed by atoms with E-state index in [2.05, 4.69) is 22.6 Å². The van der Waals surface area contributed by atoms with Crippen LogP contribution in [0.2, 0.25) is 0 Å². The van der Waals surface area contributed by atoms with Gasteiger partial charge in [0.25, 0.3) is 11.1 Å². The van der Waals surface area contributed by atoms with Gasteiger partial charge < -0.3 is 24.5 Å². The molecule has 0 atom stereocenters. The lowest BCUT2D eigenvalue weighted by Crippen LogP contribution is -2.21. The standard InChI is InChI=1S/C14H15NO4.C11H10INO2.C7H14/c16-8-5-13(18)11-2-1-3-12-10(11)4-6-15(7-9-17)14(12)19;12-10-3-1-2-9-8(10)4-5-13(6-7-14)11(9)15;1-2-4-6-7-5-3-1/h1-4,6,16-17H,5,7-9H2;1-5,14H,6-7H2;1-7H2. The number of halogens is 1. The summed E-state index contributed by atoms with van der Waals surface area (Å²) >= 11 is 2.21. The number of rotatable bonds is 7. The highest BCUT2D eigenvalue weighted by molar-refractivity contribution is 14.1. The molecule has 1 fully saturated rings. The first-order valence-electron chi connectivity index (χ1n) is 14.2. The molecule has 1 saturated carbocycles. The molecule has 2 heterocycles. The fourth-order valence-corrected chi connectivity index (χ4v) is 5.56. The highest BCUT2D eigenvalue weighted by atomic mass is 127. The van der Waals surface area contributed by atoms with Crippen molar-refractivity contribution in [2.24, 2.45) is 0 Å². The van der Waals surface area contributed by atoms with Crippen molar-refractivity contribution >= 4 is 49.9 Å². The molecule has 0 radical (unpaired) electrons. The molecule has 220 valence electrons. The number of carbonyl (C=O) groups excluding carboxylic acids is 1. The molecular formula is C32H39IN2O6. The van der Waals surface area contributed by atoms with Gasteiger partial charge in [0, 0.05) is 57.2 Å². The van der Waals surface area contributed by atoms with Gasteiger partial charge in [0.2, 0.25) is 0 Å². The number of hydrogen-bond acceptors (Lipinski definition) is 6. The Morgan fingerprint density at radius 1 is 0.634 bits per heavy atom. The Hall–Kier alpha value is -2.86. The van der Waals surface area contributed by atoms with Crippen molar-refractivity contribution < 1.29 is 20.1 Å². The first-order valence-corrected chi connectivity index (χ1v) is 15.3. The molecule has 5 rings (SSSR count). The van der Waals surface area contributed by atoms with Crippen molar-refractivity contribution in [1.29, 1.82) is 0 Å². The second kappa shape index (κ2) is 17.2. The van der Waals surface area contributed by atoms with Gasteiger partial charge in [0.05, 0.1) is 19.8 Å². The lowest BCUT2D eigenvalue weighted by Gasteiger charge is -2.08. The van der Waals surface area contributed by atoms with Gasteiger partial charge in [-0.25, -0.2) is 0 Å². The van der Waals surface area contributed by atoms with Crippen molar-refractivity contribution in [2.75, 3.05) is 19.8 Å². The van der Waals surface area contributed by atoms with Crippen LogP contribution in [-0.4, -0.2) is 50.1 Å². The molecule has 0 saturated heterocycles. The smallest absolute Gasteiger partial charge is 0.258 e. The summed E-state index contributed by atoms with van der Waals surface area (Å²) in [5, 5.41) is 29.2. The SMILES string of the molecule is C1CCCCCC1.O=C(CCO)c1cccc2c(=O)n(CCO)ccc12.O=c1c2cccc(I)c2ccn1CCO. The molecule has 3 N–H and O–H groups in total. The molecule has 0 spiro atoms. The second-order valence-corrected chi connectivity index (χ2v) is 11.1. The second-order valence-electron chi connectivity index (χ2n) is 9.92. The Morgan fingerprint density at radius 3 is 1.59 bits per heavy atom. The maximum absolute atomic E-state index is 12.1. The fraction of sp³-hybridized carbons (Fsp3) is 0.406. The van der Waals surface area contributed by atoms with E-state index in [0.29, 0.717) is 28.3 Å². The number of hydrogen-bond donors (Lipinski definition) is 3. The summed E-state index contributed by atoms with van der Waals surface area (Å²) in [5.41, 5.74) is 0.171. The molecular weight excluding hydrogens is 635 g/mol. The third kappa shape index (κ3) is 9.06. The summed E-state index contributed by atoms with van der Waals surface area (Å²) in [6.07, 6.45) is 13.8. The maximum atomic E-state index is 12.1. The van der Waals surface area contributed by atoms with Gasteiger partial charge in [0.1, 0.15) is 0 Å². The zero-order valence-corrected chi connectivity index (χ0v) is 25.5. The minimum Gasteiger partial charge on any atom is -0.396 e. The Kier molecular flexibility index (Phi) is 13.7. The van der Waals surface area contributed by atoms with Crippen molar-refractivity contribution in [1.82, 2.24) is 9.13 Å². The highest BCUT2D eigenvalue weighted by Gasteiger charge is 2.12. The highest BCUT2D eigenvalue weighted by Crippen LogP contribution is 2.18. The first-order chi connectivity index (χ1) is 19.9. The summed E-state index contributed by atoms with van der Waals surface area (Å²) in [5.74, 6) is -0.188. The van der Waals surface area contributed by atoms with Crippen LogP contribution in [0.15, 0.2) is 70.5 Å². The molecule has 0 unspecified atom stereocenters. The van der Waals surface area contributed by atoms with E-state index in [0.717, 1.165) is 8.96 Å². The van der Waals surface area contributed by atoms with E-state index in [4.69, 9.17) is 15.3 Å². The van der Waals surface area contributed by atoms with E-state index in [1.807, 2.05) is 24.3 Å². The predicted octanol–water partition coefficient (Wildman–Crippen LogP) is 4.89. The molecule has 0 amide bonds. The zero-order chi connectivity index (χ0) is 29.6. The third-order valence-electron chi connectivity index (χ3n) is 7.05. The average Bonchev–Trinajstić information content (AvgIpc) is 3.31. The Morgan fingerprint density at radius 2 is 1.10 bits per heavy atom. The van der Waals surface area contributed by atoms with E-state index in [-0.39, 0.29) is 49.7 Å². The summed E-state index contributed by atoms with van der Waals surface area (Å²) in [4.78, 5) is 35.9. The van der Waals surface area contributed by atoms with Gasteiger partial charge in [-0.2, -0.15) is 0 Å². The predicted molar refractivity (Wildman–Crippen MR) is 172 cm³/mol. The monoisotopic (exact) mass is 674 g/mol. The summed E-state index contributed by atoms with van der Waals surface area (Å²) in [6, 6.07) is 14.2. The Balaban J connectivity index is 0.000000186. The van der Waals surface area contributed by atoms with Crippen LogP contribution in [0, 0.1) is 3.57 Å². The van der Waals surface area contributed by atoms with Crippen molar-refractivity contribution in [3.05, 3.63) is 90.8 Å². The normalized spacial score (nSPS) is 13.1. The lowest BCUT2D eigenvalue weighted by molar-refractivity contribution is 0.0958. The van der Waals surface area contributed by atoms with Gasteiger partial charge in [-0.05, 0) is 58.3 Å². The van der Waals surface area contributed by atoms with Crippen molar-refractivity contribution in [3.63, 3.8) is 0 Å². The van der Waals surface area contributed by atoms with E-state index >= 15 is 0 Å². The van der Waals surface area contributed by atoms with Crippen LogP contribution < -0.4 is 11.1 Å². The molecule has 9 heteroatoms. The molecule has 41 heavy (non-hydrogen) atoms. The largest absolute Gasteiger partial charge is 0.396 e. The van der Waals surface area contributed by atoms with Crippen LogP contribution in [0.5, 0.6) is 0 Å². The number of nitrogens with zero attached hydrogens (tertiary/aromatic N) is 2. The van der Waals surface area contributed by atoms with Gasteiger partial charge in [-0.3, -0.25) is 14.4 Å². The first kappa shape index (κ1) is 32.7. The molecule has 2 aromatic carbocycles. The summed E-state index contributed by atoms with van der Waals surface area (Å²) < 4.78 is 4.00. The van der Waals surface area contributed by atoms with Crippen molar-refractivity contribution in [2.45, 2.75) is 64.5 Å². The maximum Gasteiger partial charge on any atom is 0.258 e. The topological polar surface area (TPSA) is 122 Å². The molecule has 4 aromatic rings. The Labute approximate surface area is 253 Å². The van der Waals surface area contributed by atoms with E-state index < -0.39 is 0 Å². The fourth-order valence-electron chi connectivity index (χ4n) is 4.88. The molecule has 1 aliphatic carbocycles. The molecule has 2 aromatic heterocycles. The van der Waals surface area contributed by atoms with Gasteiger partial charge in [-0.1, -0.05) is 63.1 Å². The van der Waals surface area contributed by atoms with Crippen LogP contribution in [-0.2, 0) is 13.1 Å². The molecule has 8 nitrogen and oxygen atoms in total. The summed E-state index contributed by atoms with van der Waals surface area (Å²) in [7, 11) is 0. The van der Waals surface area contributed by atoms with E-state index in [1.54, 1.807) is 36.7 Å². The van der Waals surface area contributed by atoms with Gasteiger partial charge >= 0.3 is 0 Å². The van der Waals surface area contributed by atoms with E-state index in [1.165, 1.54) is 54.1 Å². The minimum absolute atomic E-state index is 0.0185. The number of carbonyl (C=O) groups is 1. The van der Waals surface area contributed by atoms with Crippen LogP contribution in [0.4, 0.5) is 0 Å². The Bertz CT molecular complexity index is 1530. The van der Waals surface area contributed by atoms with Crippen LogP contribution in [0.1, 0.15) is 61.7 Å².